The molecule has 0 aromatic heterocycles. The number of sulfonamides is 1. The van der Waals surface area contributed by atoms with Crippen LogP contribution in [0.4, 0.5) is 28.9 Å². The predicted molar refractivity (Wildman–Crippen MR) is 124 cm³/mol. The lowest BCUT2D eigenvalue weighted by atomic mass is 10.1. The molecule has 1 aliphatic heterocycles. The molecule has 3 aromatic rings. The second kappa shape index (κ2) is 9.14. The van der Waals surface area contributed by atoms with Crippen LogP contribution < -0.4 is 10.2 Å². The zero-order chi connectivity index (χ0) is 25.4. The summed E-state index contributed by atoms with van der Waals surface area (Å²) in [5.41, 5.74) is -0.514. The van der Waals surface area contributed by atoms with E-state index in [2.05, 4.69) is 9.71 Å². The van der Waals surface area contributed by atoms with Crippen LogP contribution in [0.5, 0.6) is 0 Å². The molecule has 0 bridgehead atoms. The number of alkyl halides is 3. The van der Waals surface area contributed by atoms with Gasteiger partial charge in [-0.2, -0.15) is 21.6 Å². The third-order valence-corrected chi connectivity index (χ3v) is 6.58. The van der Waals surface area contributed by atoms with E-state index in [4.69, 9.17) is 0 Å². The predicted octanol–water partition coefficient (Wildman–Crippen LogP) is 5.46. The van der Waals surface area contributed by atoms with E-state index in [1.807, 2.05) is 6.92 Å². The Morgan fingerprint density at radius 3 is 2.34 bits per heavy atom. The molecule has 0 fully saturated rings. The number of hydrogen-bond acceptors (Lipinski definition) is 4. The molecule has 0 saturated carbocycles. The zero-order valence-corrected chi connectivity index (χ0v) is 19.1. The molecule has 182 valence electrons. The lowest BCUT2D eigenvalue weighted by molar-refractivity contribution is -0.137. The summed E-state index contributed by atoms with van der Waals surface area (Å²) >= 11 is 0. The maximum absolute atomic E-state index is 14.5. The van der Waals surface area contributed by atoms with Crippen molar-refractivity contribution in [2.24, 2.45) is 4.40 Å². The summed E-state index contributed by atoms with van der Waals surface area (Å²) in [6.07, 6.45) is -3.92. The molecule has 0 atom stereocenters. The number of hydrogen-bond donors (Lipinski definition) is 1. The Hall–Kier alpha value is -3.73. The van der Waals surface area contributed by atoms with Crippen molar-refractivity contribution in [2.75, 3.05) is 16.8 Å². The van der Waals surface area contributed by atoms with Gasteiger partial charge in [0.15, 0.2) is 5.84 Å². The van der Waals surface area contributed by atoms with Crippen molar-refractivity contribution in [3.63, 3.8) is 0 Å². The van der Waals surface area contributed by atoms with E-state index in [9.17, 15) is 30.8 Å². The molecule has 6 nitrogen and oxygen atoms in total. The number of halogens is 4. The van der Waals surface area contributed by atoms with Crippen molar-refractivity contribution in [2.45, 2.75) is 24.4 Å². The quantitative estimate of drug-likeness (QED) is 0.467. The average Bonchev–Trinajstić information content (AvgIpc) is 2.81. The van der Waals surface area contributed by atoms with E-state index in [-0.39, 0.29) is 33.2 Å². The molecule has 0 radical (unpaired) electrons. The van der Waals surface area contributed by atoms with Gasteiger partial charge in [-0.3, -0.25) is 4.79 Å². The van der Waals surface area contributed by atoms with Gasteiger partial charge in [0, 0.05) is 17.8 Å². The standard InChI is InChI=1S/C24H19F4N3O3S/c1-2-13-31-20-12-11-17(29-23(32)15-7-9-16(10-8-15)24(26,27)28)14-21(20)35(33,34)30-22(31)18-5-3-4-6-19(18)25/h3-12,14H,2,13H2,1H3,(H,29,32). The number of nitrogens with zero attached hydrogens (tertiary/aromatic N) is 2. The monoisotopic (exact) mass is 505 g/mol. The molecule has 0 aliphatic carbocycles. The summed E-state index contributed by atoms with van der Waals surface area (Å²) in [5.74, 6) is -1.38. The number of rotatable bonds is 5. The van der Waals surface area contributed by atoms with Crippen LogP contribution in [-0.4, -0.2) is 26.7 Å². The lowest BCUT2D eigenvalue weighted by Crippen LogP contribution is -2.37. The van der Waals surface area contributed by atoms with Crippen molar-refractivity contribution in [1.82, 2.24) is 0 Å². The number of carbonyl (C=O) groups excluding carboxylic acids is 1. The highest BCUT2D eigenvalue weighted by Crippen LogP contribution is 2.36. The minimum Gasteiger partial charge on any atom is -0.324 e. The summed E-state index contributed by atoms with van der Waals surface area (Å²) in [6.45, 7) is 2.23. The molecule has 1 N–H and O–H groups in total. The van der Waals surface area contributed by atoms with Crippen molar-refractivity contribution >= 4 is 33.1 Å². The number of nitrogens with one attached hydrogen (secondary N) is 1. The Morgan fingerprint density at radius 1 is 1.03 bits per heavy atom. The fourth-order valence-corrected chi connectivity index (χ4v) is 4.89. The van der Waals surface area contributed by atoms with Crippen molar-refractivity contribution in [3.8, 4) is 0 Å². The lowest BCUT2D eigenvalue weighted by Gasteiger charge is -2.31. The third-order valence-electron chi connectivity index (χ3n) is 5.29. The number of benzene rings is 3. The number of carbonyl (C=O) groups is 1. The average molecular weight is 505 g/mol. The van der Waals surface area contributed by atoms with Gasteiger partial charge in [0.05, 0.1) is 16.8 Å². The molecule has 3 aromatic carbocycles. The molecule has 1 heterocycles. The fraction of sp³-hybridized carbons (Fsp3) is 0.167. The highest BCUT2D eigenvalue weighted by Gasteiger charge is 2.33. The highest BCUT2D eigenvalue weighted by molar-refractivity contribution is 7.90. The normalized spacial score (nSPS) is 14.8. The molecular formula is C24H19F4N3O3S. The van der Waals surface area contributed by atoms with Gasteiger partial charge >= 0.3 is 6.18 Å². The van der Waals surface area contributed by atoms with Crippen LogP contribution in [0.1, 0.15) is 34.8 Å². The van der Waals surface area contributed by atoms with Gasteiger partial charge in [0.25, 0.3) is 15.9 Å². The summed E-state index contributed by atoms with van der Waals surface area (Å²) < 4.78 is 82.6. The Morgan fingerprint density at radius 2 is 1.71 bits per heavy atom. The van der Waals surface area contributed by atoms with Crippen LogP contribution in [-0.2, 0) is 16.2 Å². The Balaban J connectivity index is 1.68. The zero-order valence-electron chi connectivity index (χ0n) is 18.3. The van der Waals surface area contributed by atoms with Gasteiger partial charge in [-0.15, -0.1) is 4.40 Å². The van der Waals surface area contributed by atoms with E-state index in [0.717, 1.165) is 24.3 Å². The molecule has 4 rings (SSSR count). The third kappa shape index (κ3) is 4.90. The van der Waals surface area contributed by atoms with Crippen LogP contribution in [0.25, 0.3) is 0 Å². The Labute approximate surface area is 199 Å². The van der Waals surface area contributed by atoms with Crippen molar-refractivity contribution in [3.05, 3.63) is 89.2 Å². The summed E-state index contributed by atoms with van der Waals surface area (Å²) in [7, 11) is -4.25. The molecule has 35 heavy (non-hydrogen) atoms. The van der Waals surface area contributed by atoms with E-state index < -0.39 is 33.5 Å². The topological polar surface area (TPSA) is 78.8 Å². The van der Waals surface area contributed by atoms with Gasteiger partial charge < -0.3 is 10.2 Å². The minimum atomic E-state index is -4.53. The first-order chi connectivity index (χ1) is 16.5. The van der Waals surface area contributed by atoms with Crippen LogP contribution in [0.2, 0.25) is 0 Å². The fourth-order valence-electron chi connectivity index (χ4n) is 3.65. The first-order valence-corrected chi connectivity index (χ1v) is 12.0. The molecule has 0 spiro atoms. The van der Waals surface area contributed by atoms with Gasteiger partial charge in [0.1, 0.15) is 10.7 Å². The second-order valence-electron chi connectivity index (χ2n) is 7.73. The van der Waals surface area contributed by atoms with Crippen LogP contribution in [0, 0.1) is 5.82 Å². The first kappa shape index (κ1) is 24.4. The summed E-state index contributed by atoms with van der Waals surface area (Å²) in [5, 5.41) is 2.49. The van der Waals surface area contributed by atoms with Gasteiger partial charge in [-0.25, -0.2) is 4.39 Å². The first-order valence-electron chi connectivity index (χ1n) is 10.5. The second-order valence-corrected chi connectivity index (χ2v) is 9.31. The van der Waals surface area contributed by atoms with Gasteiger partial charge in [-0.1, -0.05) is 19.1 Å². The van der Waals surface area contributed by atoms with Gasteiger partial charge in [0.2, 0.25) is 0 Å². The number of fused-ring (bicyclic) bond motifs is 1. The molecular weight excluding hydrogens is 486 g/mol. The molecule has 1 aliphatic rings. The van der Waals surface area contributed by atoms with E-state index in [1.165, 1.54) is 36.4 Å². The maximum Gasteiger partial charge on any atom is 0.416 e. The van der Waals surface area contributed by atoms with Crippen molar-refractivity contribution in [1.29, 1.82) is 0 Å². The maximum atomic E-state index is 14.5. The Kier molecular flexibility index (Phi) is 6.37. The van der Waals surface area contributed by atoms with Gasteiger partial charge in [-0.05, 0) is 61.0 Å². The van der Waals surface area contributed by atoms with E-state index in [1.54, 1.807) is 11.0 Å². The Bertz CT molecular complexity index is 1420. The van der Waals surface area contributed by atoms with Crippen molar-refractivity contribution < 1.29 is 30.8 Å². The summed E-state index contributed by atoms with van der Waals surface area (Å²) in [4.78, 5) is 13.9. The van der Waals surface area contributed by atoms with Crippen LogP contribution >= 0.6 is 0 Å². The molecule has 0 unspecified atom stereocenters. The number of amidine groups is 1. The molecule has 1 amide bonds. The smallest absolute Gasteiger partial charge is 0.324 e. The van der Waals surface area contributed by atoms with Crippen LogP contribution in [0.3, 0.4) is 0 Å². The van der Waals surface area contributed by atoms with E-state index >= 15 is 0 Å². The molecule has 11 heteroatoms. The number of amides is 1. The van der Waals surface area contributed by atoms with Crippen LogP contribution in [0.15, 0.2) is 76.0 Å². The SMILES string of the molecule is CCCN1C(c2ccccc2F)=NS(=O)(=O)c2cc(NC(=O)c3ccc(C(F)(F)F)cc3)ccc21. The largest absolute Gasteiger partial charge is 0.416 e. The number of anilines is 2. The van der Waals surface area contributed by atoms with E-state index in [0.29, 0.717) is 13.0 Å². The minimum absolute atomic E-state index is 0.0361. The highest BCUT2D eigenvalue weighted by atomic mass is 32.2. The summed E-state index contributed by atoms with van der Waals surface area (Å²) in [6, 6.07) is 13.5. The molecule has 0 saturated heterocycles.